The lowest BCUT2D eigenvalue weighted by atomic mass is 9.81. The van der Waals surface area contributed by atoms with Gasteiger partial charge in [-0.3, -0.25) is 14.5 Å². The second kappa shape index (κ2) is 8.11. The molecule has 0 atom stereocenters. The Hall–Kier alpha value is -2.37. The molecule has 3 amide bonds. The maximum absolute atomic E-state index is 12.2. The van der Waals surface area contributed by atoms with Crippen LogP contribution in [-0.2, 0) is 16.0 Å². The zero-order valence-electron chi connectivity index (χ0n) is 16.2. The molecular weight excluding hydrogens is 344 g/mol. The predicted molar refractivity (Wildman–Crippen MR) is 101 cm³/mol. The van der Waals surface area contributed by atoms with E-state index in [1.807, 2.05) is 26.0 Å². The number of carbonyl (C=O) groups is 3. The molecule has 0 bridgehead atoms. The lowest BCUT2D eigenvalue weighted by molar-refractivity contribution is -0.152. The van der Waals surface area contributed by atoms with Crippen molar-refractivity contribution in [2.24, 2.45) is 5.41 Å². The van der Waals surface area contributed by atoms with Gasteiger partial charge in [0.05, 0.1) is 0 Å². The molecule has 0 radical (unpaired) electrons. The van der Waals surface area contributed by atoms with E-state index in [1.54, 1.807) is 17.0 Å². The van der Waals surface area contributed by atoms with Crippen LogP contribution in [0.15, 0.2) is 24.3 Å². The van der Waals surface area contributed by atoms with Gasteiger partial charge in [0.15, 0.2) is 0 Å². The first-order valence-corrected chi connectivity index (χ1v) is 9.73. The zero-order valence-corrected chi connectivity index (χ0v) is 16.2. The summed E-state index contributed by atoms with van der Waals surface area (Å²) >= 11 is 0. The van der Waals surface area contributed by atoms with Gasteiger partial charge in [-0.15, -0.1) is 0 Å². The number of amides is 3. The van der Waals surface area contributed by atoms with E-state index in [9.17, 15) is 14.4 Å². The number of hydrogen-bond acceptors (Lipinski definition) is 4. The van der Waals surface area contributed by atoms with Gasteiger partial charge >= 0.3 is 6.09 Å². The van der Waals surface area contributed by atoms with Crippen molar-refractivity contribution in [3.8, 4) is 5.75 Å². The average molecular weight is 372 g/mol. The molecule has 0 saturated carbocycles. The first-order chi connectivity index (χ1) is 12.8. The van der Waals surface area contributed by atoms with E-state index < -0.39 is 0 Å². The summed E-state index contributed by atoms with van der Waals surface area (Å²) in [4.78, 5) is 39.7. The molecule has 2 aliphatic heterocycles. The molecule has 2 fully saturated rings. The largest absolute Gasteiger partial charge is 0.415 e. The van der Waals surface area contributed by atoms with E-state index >= 15 is 0 Å². The number of rotatable bonds is 4. The predicted octanol–water partition coefficient (Wildman–Crippen LogP) is 3.39. The number of nitrogens with zero attached hydrogens (tertiary/aromatic N) is 2. The summed E-state index contributed by atoms with van der Waals surface area (Å²) in [5.41, 5.74) is 0.753. The van der Waals surface area contributed by atoms with Crippen molar-refractivity contribution in [3.05, 3.63) is 29.8 Å². The maximum atomic E-state index is 12.2. The quantitative estimate of drug-likeness (QED) is 0.760. The molecule has 2 saturated heterocycles. The molecule has 2 heterocycles. The van der Waals surface area contributed by atoms with Crippen LogP contribution < -0.4 is 4.74 Å². The van der Waals surface area contributed by atoms with E-state index in [0.717, 1.165) is 37.9 Å². The highest BCUT2D eigenvalue weighted by atomic mass is 16.6. The molecule has 6 nitrogen and oxygen atoms in total. The third kappa shape index (κ3) is 5.08. The Bertz CT molecular complexity index is 685. The summed E-state index contributed by atoms with van der Waals surface area (Å²) in [7, 11) is 0. The molecule has 0 aliphatic carbocycles. The van der Waals surface area contributed by atoms with E-state index in [4.69, 9.17) is 4.74 Å². The van der Waals surface area contributed by atoms with Crippen LogP contribution in [-0.4, -0.2) is 47.3 Å². The SMILES string of the molecule is CC1(C)CC(=O)N(CCc2ccc(OC(=O)N3CCCCC3)cc2)C(=O)C1. The molecule has 27 heavy (non-hydrogen) atoms. The number of carbonyl (C=O) groups excluding carboxylic acids is 3. The molecule has 1 aromatic rings. The zero-order chi connectivity index (χ0) is 19.4. The van der Waals surface area contributed by atoms with E-state index in [-0.39, 0.29) is 23.3 Å². The van der Waals surface area contributed by atoms with Gasteiger partial charge in [-0.2, -0.15) is 0 Å². The van der Waals surface area contributed by atoms with Crippen LogP contribution in [0.25, 0.3) is 0 Å². The monoisotopic (exact) mass is 372 g/mol. The van der Waals surface area contributed by atoms with Gasteiger partial charge in [0, 0.05) is 32.5 Å². The second-order valence-corrected chi connectivity index (χ2v) is 8.27. The van der Waals surface area contributed by atoms with Crippen LogP contribution in [0.1, 0.15) is 51.5 Å². The third-order valence-corrected chi connectivity index (χ3v) is 5.23. The fraction of sp³-hybridized carbons (Fsp3) is 0.571. The van der Waals surface area contributed by atoms with E-state index in [2.05, 4.69) is 0 Å². The standard InChI is InChI=1S/C21H28N2O4/c1-21(2)14-18(24)23(19(25)15-21)13-10-16-6-8-17(9-7-16)27-20(26)22-11-4-3-5-12-22/h6-9H,3-5,10-15H2,1-2H3. The molecule has 146 valence electrons. The van der Waals surface area contributed by atoms with Crippen molar-refractivity contribution in [1.29, 1.82) is 0 Å². The fourth-order valence-corrected chi connectivity index (χ4v) is 3.67. The first kappa shape index (κ1) is 19.4. The number of ether oxygens (including phenoxy) is 1. The van der Waals surface area contributed by atoms with Crippen LogP contribution in [0.5, 0.6) is 5.75 Å². The van der Waals surface area contributed by atoms with Crippen LogP contribution in [0.4, 0.5) is 4.79 Å². The summed E-state index contributed by atoms with van der Waals surface area (Å²) in [5.74, 6) is 0.327. The van der Waals surface area contributed by atoms with E-state index in [1.165, 1.54) is 4.90 Å². The maximum Gasteiger partial charge on any atom is 0.415 e. The summed E-state index contributed by atoms with van der Waals surface area (Å²) in [6.45, 7) is 5.80. The van der Waals surface area contributed by atoms with Crippen molar-refractivity contribution in [2.45, 2.75) is 52.4 Å². The molecule has 0 spiro atoms. The number of piperidine rings is 2. The summed E-state index contributed by atoms with van der Waals surface area (Å²) in [5, 5.41) is 0. The molecule has 2 aliphatic rings. The minimum Gasteiger partial charge on any atom is -0.410 e. The highest BCUT2D eigenvalue weighted by Crippen LogP contribution is 2.31. The average Bonchev–Trinajstić information content (AvgIpc) is 2.62. The van der Waals surface area contributed by atoms with Crippen LogP contribution in [0.2, 0.25) is 0 Å². The highest BCUT2D eigenvalue weighted by Gasteiger charge is 2.36. The van der Waals surface area contributed by atoms with Gasteiger partial charge < -0.3 is 9.64 Å². The third-order valence-electron chi connectivity index (χ3n) is 5.23. The Balaban J connectivity index is 1.51. The van der Waals surface area contributed by atoms with Crippen molar-refractivity contribution in [2.75, 3.05) is 19.6 Å². The Morgan fingerprint density at radius 3 is 2.19 bits per heavy atom. The van der Waals surface area contributed by atoms with Crippen molar-refractivity contribution >= 4 is 17.9 Å². The second-order valence-electron chi connectivity index (χ2n) is 8.27. The molecule has 3 rings (SSSR count). The lowest BCUT2D eigenvalue weighted by Gasteiger charge is -2.34. The first-order valence-electron chi connectivity index (χ1n) is 9.73. The Morgan fingerprint density at radius 1 is 1.00 bits per heavy atom. The van der Waals surface area contributed by atoms with Crippen molar-refractivity contribution in [1.82, 2.24) is 9.80 Å². The summed E-state index contributed by atoms with van der Waals surface area (Å²) in [6.07, 6.45) is 4.33. The topological polar surface area (TPSA) is 66.9 Å². The number of imide groups is 1. The van der Waals surface area contributed by atoms with Gasteiger partial charge in [-0.05, 0) is 48.8 Å². The molecular formula is C21H28N2O4. The fourth-order valence-electron chi connectivity index (χ4n) is 3.67. The van der Waals surface area contributed by atoms with Crippen LogP contribution in [0.3, 0.4) is 0 Å². The summed E-state index contributed by atoms with van der Waals surface area (Å²) in [6, 6.07) is 7.28. The van der Waals surface area contributed by atoms with Crippen LogP contribution in [0, 0.1) is 5.41 Å². The number of likely N-dealkylation sites (tertiary alicyclic amines) is 2. The lowest BCUT2D eigenvalue weighted by Crippen LogP contribution is -2.46. The van der Waals surface area contributed by atoms with Gasteiger partial charge in [0.25, 0.3) is 0 Å². The molecule has 6 heteroatoms. The Morgan fingerprint density at radius 2 is 1.59 bits per heavy atom. The number of hydrogen-bond donors (Lipinski definition) is 0. The van der Waals surface area contributed by atoms with Gasteiger partial charge in [-0.25, -0.2) is 4.79 Å². The van der Waals surface area contributed by atoms with Gasteiger partial charge in [0.2, 0.25) is 11.8 Å². The normalized spacial score (nSPS) is 19.9. The minimum absolute atomic E-state index is 0.0941. The van der Waals surface area contributed by atoms with Crippen molar-refractivity contribution < 1.29 is 19.1 Å². The highest BCUT2D eigenvalue weighted by molar-refractivity contribution is 5.98. The summed E-state index contributed by atoms with van der Waals surface area (Å²) < 4.78 is 5.43. The molecule has 1 aromatic carbocycles. The molecule has 0 unspecified atom stereocenters. The van der Waals surface area contributed by atoms with Crippen LogP contribution >= 0.6 is 0 Å². The van der Waals surface area contributed by atoms with Gasteiger partial charge in [0.1, 0.15) is 5.75 Å². The Kier molecular flexibility index (Phi) is 5.82. The molecule has 0 aromatic heterocycles. The smallest absolute Gasteiger partial charge is 0.410 e. The van der Waals surface area contributed by atoms with Gasteiger partial charge in [-0.1, -0.05) is 26.0 Å². The van der Waals surface area contributed by atoms with E-state index in [0.29, 0.717) is 31.6 Å². The molecule has 0 N–H and O–H groups in total. The Labute approximate surface area is 160 Å². The number of benzene rings is 1. The minimum atomic E-state index is -0.297. The van der Waals surface area contributed by atoms with Crippen molar-refractivity contribution in [3.63, 3.8) is 0 Å².